The lowest BCUT2D eigenvalue weighted by atomic mass is 9.65. The molecule has 0 saturated carbocycles. The van der Waals surface area contributed by atoms with E-state index in [9.17, 15) is 19.5 Å². The summed E-state index contributed by atoms with van der Waals surface area (Å²) in [5.41, 5.74) is 1.18. The standard InChI is InChI=1S/C31H39N3O5/c1-6-30-15-16-31(39-30)24(23(30)27(36)32-21-13-8-7-9-14-21)29(38)34(22(17-35)18(2)3)26(31)28(37)33-25-19(4)11-10-12-20(25)5/h7-14,18,22-24,26,35H,6,15-17H2,1-5H3,(H,32,36)(H,33,37)/t22-,23-,24-,26?,30+,31?/m0/s1. The number of aliphatic hydroxyl groups excluding tert-OH is 1. The second kappa shape index (κ2) is 10.1. The summed E-state index contributed by atoms with van der Waals surface area (Å²) in [6.45, 7) is 9.39. The van der Waals surface area contributed by atoms with Crippen molar-refractivity contribution in [2.75, 3.05) is 17.2 Å². The van der Waals surface area contributed by atoms with E-state index in [2.05, 4.69) is 10.6 Å². The molecular weight excluding hydrogens is 494 g/mol. The predicted octanol–water partition coefficient (Wildman–Crippen LogP) is 4.05. The van der Waals surface area contributed by atoms with Crippen molar-refractivity contribution in [1.82, 2.24) is 4.90 Å². The van der Waals surface area contributed by atoms with Crippen LogP contribution in [-0.2, 0) is 19.1 Å². The molecule has 39 heavy (non-hydrogen) atoms. The molecule has 3 aliphatic heterocycles. The highest BCUT2D eigenvalue weighted by Gasteiger charge is 2.79. The number of likely N-dealkylation sites (tertiary alicyclic amines) is 1. The van der Waals surface area contributed by atoms with Gasteiger partial charge in [0.2, 0.25) is 17.7 Å². The number of para-hydroxylation sites is 2. The van der Waals surface area contributed by atoms with Gasteiger partial charge in [0.05, 0.1) is 30.1 Å². The van der Waals surface area contributed by atoms with Gasteiger partial charge >= 0.3 is 0 Å². The van der Waals surface area contributed by atoms with Crippen molar-refractivity contribution in [3.05, 3.63) is 59.7 Å². The van der Waals surface area contributed by atoms with Gasteiger partial charge in [-0.05, 0) is 62.3 Å². The summed E-state index contributed by atoms with van der Waals surface area (Å²) in [4.78, 5) is 44.0. The van der Waals surface area contributed by atoms with Crippen molar-refractivity contribution in [2.24, 2.45) is 17.8 Å². The molecule has 1 spiro atoms. The molecule has 208 valence electrons. The van der Waals surface area contributed by atoms with Crippen LogP contribution in [0.3, 0.4) is 0 Å². The molecule has 8 heteroatoms. The molecule has 8 nitrogen and oxygen atoms in total. The lowest BCUT2D eigenvalue weighted by Gasteiger charge is -2.38. The van der Waals surface area contributed by atoms with E-state index in [1.807, 2.05) is 83.1 Å². The number of carbonyl (C=O) groups excluding carboxylic acids is 3. The second-order valence-corrected chi connectivity index (χ2v) is 11.7. The Morgan fingerprint density at radius 1 is 1.03 bits per heavy atom. The van der Waals surface area contributed by atoms with Gasteiger partial charge in [-0.1, -0.05) is 57.2 Å². The van der Waals surface area contributed by atoms with Crippen molar-refractivity contribution in [3.63, 3.8) is 0 Å². The van der Waals surface area contributed by atoms with E-state index < -0.39 is 35.1 Å². The van der Waals surface area contributed by atoms with Crippen LogP contribution in [0.4, 0.5) is 11.4 Å². The summed E-state index contributed by atoms with van der Waals surface area (Å²) < 4.78 is 6.83. The Morgan fingerprint density at radius 2 is 1.69 bits per heavy atom. The van der Waals surface area contributed by atoms with Gasteiger partial charge in [-0.15, -0.1) is 0 Å². The highest BCUT2D eigenvalue weighted by Crippen LogP contribution is 2.64. The summed E-state index contributed by atoms with van der Waals surface area (Å²) in [6.07, 6.45) is 1.61. The first kappa shape index (κ1) is 27.3. The summed E-state index contributed by atoms with van der Waals surface area (Å²) in [7, 11) is 0. The largest absolute Gasteiger partial charge is 0.394 e. The van der Waals surface area contributed by atoms with E-state index >= 15 is 0 Å². The van der Waals surface area contributed by atoms with Crippen LogP contribution in [0, 0.1) is 31.6 Å². The Kier molecular flexibility index (Phi) is 7.06. The zero-order chi connectivity index (χ0) is 28.1. The van der Waals surface area contributed by atoms with Gasteiger partial charge in [0.25, 0.3) is 0 Å². The molecule has 3 amide bonds. The number of rotatable bonds is 8. The first-order valence-electron chi connectivity index (χ1n) is 14.0. The fraction of sp³-hybridized carbons (Fsp3) is 0.516. The number of benzene rings is 2. The Morgan fingerprint density at radius 3 is 2.28 bits per heavy atom. The minimum Gasteiger partial charge on any atom is -0.394 e. The van der Waals surface area contributed by atoms with Crippen LogP contribution in [0.15, 0.2) is 48.5 Å². The van der Waals surface area contributed by atoms with Crippen LogP contribution in [0.1, 0.15) is 51.2 Å². The third-order valence-corrected chi connectivity index (χ3v) is 9.23. The fourth-order valence-electron chi connectivity index (χ4n) is 7.28. The van der Waals surface area contributed by atoms with Crippen LogP contribution in [0.2, 0.25) is 0 Å². The quantitative estimate of drug-likeness (QED) is 0.475. The molecule has 0 aliphatic carbocycles. The van der Waals surface area contributed by atoms with E-state index in [-0.39, 0.29) is 30.2 Å². The van der Waals surface area contributed by atoms with Crippen LogP contribution < -0.4 is 10.6 Å². The number of hydrogen-bond donors (Lipinski definition) is 3. The Balaban J connectivity index is 1.59. The normalized spacial score (nSPS) is 30.0. The summed E-state index contributed by atoms with van der Waals surface area (Å²) in [6, 6.07) is 13.4. The van der Waals surface area contributed by atoms with Crippen molar-refractivity contribution in [1.29, 1.82) is 0 Å². The van der Waals surface area contributed by atoms with E-state index in [0.29, 0.717) is 30.6 Å². The molecule has 2 aromatic carbocycles. The fourth-order valence-corrected chi connectivity index (χ4v) is 7.28. The Bertz CT molecular complexity index is 1260. The van der Waals surface area contributed by atoms with Gasteiger partial charge in [-0.3, -0.25) is 14.4 Å². The van der Waals surface area contributed by atoms with Gasteiger partial charge in [-0.2, -0.15) is 0 Å². The van der Waals surface area contributed by atoms with E-state index in [1.165, 1.54) is 4.90 Å². The average molecular weight is 534 g/mol. The zero-order valence-corrected chi connectivity index (χ0v) is 23.4. The van der Waals surface area contributed by atoms with Crippen molar-refractivity contribution in [3.8, 4) is 0 Å². The highest BCUT2D eigenvalue weighted by molar-refractivity contribution is 6.05. The molecule has 0 aromatic heterocycles. The SMILES string of the molecule is CC[C@]12CCC3(O1)C(C(=O)Nc1c(C)cccc1C)N([C@@H](CO)C(C)C)C(=O)[C@@H]3[C@H]2C(=O)Nc1ccccc1. The van der Waals surface area contributed by atoms with Gasteiger partial charge in [0.15, 0.2) is 0 Å². The number of anilines is 2. The number of hydrogen-bond acceptors (Lipinski definition) is 5. The molecule has 3 aliphatic rings. The molecule has 2 unspecified atom stereocenters. The van der Waals surface area contributed by atoms with Crippen LogP contribution in [0.25, 0.3) is 0 Å². The number of ether oxygens (including phenoxy) is 1. The molecule has 3 saturated heterocycles. The molecule has 5 rings (SSSR count). The third kappa shape index (κ3) is 4.16. The lowest BCUT2D eigenvalue weighted by molar-refractivity contribution is -0.149. The van der Waals surface area contributed by atoms with E-state index in [4.69, 9.17) is 4.74 Å². The molecule has 3 N–H and O–H groups in total. The van der Waals surface area contributed by atoms with Crippen LogP contribution >= 0.6 is 0 Å². The molecule has 3 heterocycles. The lowest BCUT2D eigenvalue weighted by Crippen LogP contribution is -2.57. The number of carbonyl (C=O) groups is 3. The maximum atomic E-state index is 14.4. The Hall–Kier alpha value is -3.23. The number of amides is 3. The monoisotopic (exact) mass is 533 g/mol. The van der Waals surface area contributed by atoms with E-state index in [1.54, 1.807) is 0 Å². The van der Waals surface area contributed by atoms with Gasteiger partial charge in [-0.25, -0.2) is 0 Å². The summed E-state index contributed by atoms with van der Waals surface area (Å²) in [5.74, 6) is -2.61. The minimum absolute atomic E-state index is 0.112. The van der Waals surface area contributed by atoms with Crippen molar-refractivity contribution in [2.45, 2.75) is 77.2 Å². The summed E-state index contributed by atoms with van der Waals surface area (Å²) >= 11 is 0. The number of nitrogens with zero attached hydrogens (tertiary/aromatic N) is 1. The first-order valence-corrected chi connectivity index (χ1v) is 14.0. The Labute approximate surface area is 230 Å². The van der Waals surface area contributed by atoms with Crippen molar-refractivity contribution < 1.29 is 24.2 Å². The zero-order valence-electron chi connectivity index (χ0n) is 23.4. The van der Waals surface area contributed by atoms with Crippen LogP contribution in [0.5, 0.6) is 0 Å². The maximum Gasteiger partial charge on any atom is 0.250 e. The average Bonchev–Trinajstić information content (AvgIpc) is 3.51. The summed E-state index contributed by atoms with van der Waals surface area (Å²) in [5, 5.41) is 16.5. The third-order valence-electron chi connectivity index (χ3n) is 9.23. The van der Waals surface area contributed by atoms with E-state index in [0.717, 1.165) is 11.1 Å². The number of fused-ring (bicyclic) bond motifs is 1. The highest BCUT2D eigenvalue weighted by atomic mass is 16.5. The topological polar surface area (TPSA) is 108 Å². The molecule has 3 fully saturated rings. The minimum atomic E-state index is -1.16. The maximum absolute atomic E-state index is 14.4. The molecule has 0 radical (unpaired) electrons. The molecule has 6 atom stereocenters. The van der Waals surface area contributed by atoms with Crippen molar-refractivity contribution >= 4 is 29.1 Å². The molecule has 2 aromatic rings. The van der Waals surface area contributed by atoms with Gasteiger partial charge < -0.3 is 25.4 Å². The first-order chi connectivity index (χ1) is 18.6. The number of nitrogens with one attached hydrogen (secondary N) is 2. The molecule has 2 bridgehead atoms. The molecular formula is C31H39N3O5. The smallest absolute Gasteiger partial charge is 0.250 e. The van der Waals surface area contributed by atoms with Gasteiger partial charge in [0, 0.05) is 11.4 Å². The van der Waals surface area contributed by atoms with Gasteiger partial charge in [0.1, 0.15) is 11.6 Å². The number of aliphatic hydroxyl groups is 1. The predicted molar refractivity (Wildman–Crippen MR) is 149 cm³/mol. The second-order valence-electron chi connectivity index (χ2n) is 11.7. The number of aryl methyl sites for hydroxylation is 2. The van der Waals surface area contributed by atoms with Crippen LogP contribution in [-0.4, -0.2) is 57.6 Å².